The van der Waals surface area contributed by atoms with Gasteiger partial charge in [-0.1, -0.05) is 18.2 Å². The van der Waals surface area contributed by atoms with Crippen LogP contribution in [0.3, 0.4) is 0 Å². The maximum atomic E-state index is 12.5. The Kier molecular flexibility index (Phi) is 5.38. The van der Waals surface area contributed by atoms with Crippen molar-refractivity contribution in [3.8, 4) is 6.07 Å². The van der Waals surface area contributed by atoms with Gasteiger partial charge in [0.25, 0.3) is 0 Å². The van der Waals surface area contributed by atoms with Crippen LogP contribution in [0.4, 0.5) is 0 Å². The normalized spacial score (nSPS) is 21.0. The Morgan fingerprint density at radius 2 is 2.20 bits per heavy atom. The number of carbonyl (C=O) groups excluding carboxylic acids is 1. The first-order valence-corrected chi connectivity index (χ1v) is 8.86. The van der Waals surface area contributed by atoms with Gasteiger partial charge in [-0.15, -0.1) is 0 Å². The van der Waals surface area contributed by atoms with Crippen molar-refractivity contribution in [2.24, 2.45) is 5.73 Å². The van der Waals surface area contributed by atoms with Crippen LogP contribution in [-0.4, -0.2) is 49.2 Å². The molecule has 1 saturated heterocycles. The minimum atomic E-state index is -0.923. The average Bonchev–Trinajstić information content (AvgIpc) is 2.61. The molecule has 134 valence electrons. The fourth-order valence-electron chi connectivity index (χ4n) is 3.50. The highest BCUT2D eigenvalue weighted by atomic mass is 16.5. The van der Waals surface area contributed by atoms with Gasteiger partial charge in [-0.2, -0.15) is 5.26 Å². The molecule has 6 heteroatoms. The summed E-state index contributed by atoms with van der Waals surface area (Å²) in [5.41, 5.74) is 9.04. The molecule has 3 N–H and O–H groups in total. The van der Waals surface area contributed by atoms with E-state index in [1.807, 2.05) is 0 Å². The molecule has 6 nitrogen and oxygen atoms in total. The Balaban J connectivity index is 1.64. The number of carbonyl (C=O) groups is 1. The molecular formula is C19H26N4O2. The fourth-order valence-corrected chi connectivity index (χ4v) is 3.50. The van der Waals surface area contributed by atoms with Crippen molar-refractivity contribution in [3.63, 3.8) is 0 Å². The second-order valence-electron chi connectivity index (χ2n) is 7.22. The predicted molar refractivity (Wildman–Crippen MR) is 94.7 cm³/mol. The zero-order chi connectivity index (χ0) is 17.9. The number of hydrogen-bond donors (Lipinski definition) is 2. The van der Waals surface area contributed by atoms with E-state index in [1.54, 1.807) is 0 Å². The standard InChI is InChI=1S/C19H26N4O2/c1-23-7-4-15-10-14(2-3-16(15)13-23)11-17(12-20)22-18(24)19(21)5-8-25-9-6-19/h2-3,10,17H,4-9,11,13,21H2,1H3,(H,22,24)/t17-/m0/s1. The van der Waals surface area contributed by atoms with Gasteiger partial charge < -0.3 is 20.7 Å². The van der Waals surface area contributed by atoms with E-state index in [9.17, 15) is 10.1 Å². The molecule has 1 aromatic rings. The molecule has 0 aliphatic carbocycles. The van der Waals surface area contributed by atoms with Gasteiger partial charge in [0.2, 0.25) is 5.91 Å². The van der Waals surface area contributed by atoms with Crippen molar-refractivity contribution in [1.82, 2.24) is 10.2 Å². The first kappa shape index (κ1) is 17.9. The molecule has 1 amide bonds. The molecule has 0 radical (unpaired) electrons. The monoisotopic (exact) mass is 342 g/mol. The number of hydrogen-bond acceptors (Lipinski definition) is 5. The molecule has 0 aromatic heterocycles. The first-order valence-electron chi connectivity index (χ1n) is 8.86. The highest BCUT2D eigenvalue weighted by Crippen LogP contribution is 2.21. The van der Waals surface area contributed by atoms with Gasteiger partial charge in [0.1, 0.15) is 6.04 Å². The molecule has 0 bridgehead atoms. The van der Waals surface area contributed by atoms with Crippen LogP contribution in [0.2, 0.25) is 0 Å². The van der Waals surface area contributed by atoms with Gasteiger partial charge in [0, 0.05) is 32.7 Å². The summed E-state index contributed by atoms with van der Waals surface area (Å²) >= 11 is 0. The molecule has 0 unspecified atom stereocenters. The zero-order valence-electron chi connectivity index (χ0n) is 14.8. The van der Waals surface area contributed by atoms with Crippen LogP contribution in [-0.2, 0) is 28.9 Å². The summed E-state index contributed by atoms with van der Waals surface area (Å²) in [5.74, 6) is -0.248. The molecular weight excluding hydrogens is 316 g/mol. The lowest BCUT2D eigenvalue weighted by Gasteiger charge is -2.32. The van der Waals surface area contributed by atoms with Crippen molar-refractivity contribution in [3.05, 3.63) is 34.9 Å². The number of ether oxygens (including phenoxy) is 1. The third-order valence-electron chi connectivity index (χ3n) is 5.21. The molecule has 2 aliphatic rings. The minimum Gasteiger partial charge on any atom is -0.381 e. The van der Waals surface area contributed by atoms with E-state index in [0.717, 1.165) is 25.1 Å². The van der Waals surface area contributed by atoms with Crippen LogP contribution in [0.1, 0.15) is 29.5 Å². The molecule has 3 rings (SSSR count). The van der Waals surface area contributed by atoms with Crippen molar-refractivity contribution in [1.29, 1.82) is 5.26 Å². The Morgan fingerprint density at radius 3 is 2.92 bits per heavy atom. The number of nitrogens with one attached hydrogen (secondary N) is 1. The van der Waals surface area contributed by atoms with E-state index in [1.165, 1.54) is 11.1 Å². The minimum absolute atomic E-state index is 0.248. The number of nitrogens with zero attached hydrogens (tertiary/aromatic N) is 2. The van der Waals surface area contributed by atoms with Crippen LogP contribution in [0.5, 0.6) is 0 Å². The van der Waals surface area contributed by atoms with Crippen LogP contribution in [0, 0.1) is 11.3 Å². The number of nitriles is 1. The van der Waals surface area contributed by atoms with Crippen molar-refractivity contribution in [2.75, 3.05) is 26.8 Å². The average molecular weight is 342 g/mol. The van der Waals surface area contributed by atoms with Crippen LogP contribution in [0.25, 0.3) is 0 Å². The summed E-state index contributed by atoms with van der Waals surface area (Å²) in [6, 6.07) is 8.00. The maximum Gasteiger partial charge on any atom is 0.241 e. The summed E-state index contributed by atoms with van der Waals surface area (Å²) in [6.07, 6.45) is 2.50. The summed E-state index contributed by atoms with van der Waals surface area (Å²) in [6.45, 7) is 2.99. The summed E-state index contributed by atoms with van der Waals surface area (Å²) in [5, 5.41) is 12.3. The van der Waals surface area contributed by atoms with Crippen LogP contribution in [0.15, 0.2) is 18.2 Å². The lowest BCUT2D eigenvalue weighted by atomic mass is 9.89. The molecule has 1 atom stereocenters. The third-order valence-corrected chi connectivity index (χ3v) is 5.21. The summed E-state index contributed by atoms with van der Waals surface area (Å²) < 4.78 is 5.27. The lowest BCUT2D eigenvalue weighted by Crippen LogP contribution is -2.58. The van der Waals surface area contributed by atoms with E-state index in [2.05, 4.69) is 41.5 Å². The van der Waals surface area contributed by atoms with E-state index < -0.39 is 11.6 Å². The molecule has 1 fully saturated rings. The zero-order valence-corrected chi connectivity index (χ0v) is 14.8. The summed E-state index contributed by atoms with van der Waals surface area (Å²) in [7, 11) is 2.12. The lowest BCUT2D eigenvalue weighted by molar-refractivity contribution is -0.130. The number of benzene rings is 1. The number of rotatable bonds is 4. The Hall–Kier alpha value is -1.94. The maximum absolute atomic E-state index is 12.5. The molecule has 0 saturated carbocycles. The van der Waals surface area contributed by atoms with Crippen molar-refractivity contribution >= 4 is 5.91 Å². The quantitative estimate of drug-likeness (QED) is 0.842. The third kappa shape index (κ3) is 4.18. The number of likely N-dealkylation sites (N-methyl/N-ethyl adjacent to an activating group) is 1. The van der Waals surface area contributed by atoms with Gasteiger partial charge in [0.15, 0.2) is 0 Å². The largest absolute Gasteiger partial charge is 0.381 e. The first-order chi connectivity index (χ1) is 12.0. The molecule has 0 spiro atoms. The van der Waals surface area contributed by atoms with Gasteiger partial charge in [-0.3, -0.25) is 4.79 Å². The number of amides is 1. The SMILES string of the molecule is CN1CCc2cc(C[C@@H](C#N)NC(=O)C3(N)CCOCC3)ccc2C1. The van der Waals surface area contributed by atoms with Crippen LogP contribution < -0.4 is 11.1 Å². The Bertz CT molecular complexity index is 676. The van der Waals surface area contributed by atoms with Gasteiger partial charge in [-0.05, 0) is 43.0 Å². The number of fused-ring (bicyclic) bond motifs is 1. The second kappa shape index (κ2) is 7.52. The van der Waals surface area contributed by atoms with E-state index in [4.69, 9.17) is 10.5 Å². The molecule has 1 aromatic carbocycles. The van der Waals surface area contributed by atoms with E-state index in [0.29, 0.717) is 32.5 Å². The smallest absolute Gasteiger partial charge is 0.241 e. The van der Waals surface area contributed by atoms with Gasteiger partial charge >= 0.3 is 0 Å². The predicted octanol–water partition coefficient (Wildman–Crippen LogP) is 0.733. The van der Waals surface area contributed by atoms with E-state index in [-0.39, 0.29) is 5.91 Å². The summed E-state index contributed by atoms with van der Waals surface area (Å²) in [4.78, 5) is 14.8. The fraction of sp³-hybridized carbons (Fsp3) is 0.579. The van der Waals surface area contributed by atoms with E-state index >= 15 is 0 Å². The molecule has 25 heavy (non-hydrogen) atoms. The Labute approximate surface area is 148 Å². The van der Waals surface area contributed by atoms with Gasteiger partial charge in [-0.25, -0.2) is 0 Å². The molecule has 2 aliphatic heterocycles. The topological polar surface area (TPSA) is 91.4 Å². The van der Waals surface area contributed by atoms with Gasteiger partial charge in [0.05, 0.1) is 11.6 Å². The van der Waals surface area contributed by atoms with Crippen LogP contribution >= 0.6 is 0 Å². The highest BCUT2D eigenvalue weighted by molar-refractivity contribution is 5.86. The Morgan fingerprint density at radius 1 is 1.44 bits per heavy atom. The second-order valence-corrected chi connectivity index (χ2v) is 7.22. The number of nitrogens with two attached hydrogens (primary N) is 1. The van der Waals surface area contributed by atoms with Crippen molar-refractivity contribution in [2.45, 2.75) is 43.8 Å². The highest BCUT2D eigenvalue weighted by Gasteiger charge is 2.36. The van der Waals surface area contributed by atoms with Crippen molar-refractivity contribution < 1.29 is 9.53 Å². The molecule has 2 heterocycles.